The van der Waals surface area contributed by atoms with Crippen molar-refractivity contribution in [1.82, 2.24) is 10.2 Å². The molecule has 2 fully saturated rings. The summed E-state index contributed by atoms with van der Waals surface area (Å²) in [5.41, 5.74) is 1.21. The summed E-state index contributed by atoms with van der Waals surface area (Å²) >= 11 is 0. The van der Waals surface area contributed by atoms with Crippen LogP contribution in [-0.4, -0.2) is 57.7 Å². The number of carbonyl (C=O) groups excluding carboxylic acids is 1. The number of nitrogens with zero attached hydrogens (tertiary/aromatic N) is 2. The van der Waals surface area contributed by atoms with Gasteiger partial charge in [0.25, 0.3) is 5.91 Å². The first-order valence-electron chi connectivity index (χ1n) is 10.5. The maximum atomic E-state index is 12.4. The third-order valence-electron chi connectivity index (χ3n) is 5.65. The zero-order valence-corrected chi connectivity index (χ0v) is 17.9. The second kappa shape index (κ2) is 9.27. The third kappa shape index (κ3) is 5.47. The Kier molecular flexibility index (Phi) is 6.99. The van der Waals surface area contributed by atoms with Crippen molar-refractivity contribution in [2.45, 2.75) is 39.5 Å². The van der Waals surface area contributed by atoms with Gasteiger partial charge in [-0.25, -0.2) is 8.42 Å². The van der Waals surface area contributed by atoms with Crippen LogP contribution in [0.2, 0.25) is 0 Å². The first-order valence-corrected chi connectivity index (χ1v) is 12.1. The first kappa shape index (κ1) is 21.1. The second-order valence-electron chi connectivity index (χ2n) is 8.46. The number of benzene rings is 1. The summed E-state index contributed by atoms with van der Waals surface area (Å²) in [5.74, 6) is 1.60. The lowest BCUT2D eigenvalue weighted by Crippen LogP contribution is -2.40. The molecule has 1 N–H and O–H groups in total. The van der Waals surface area contributed by atoms with Gasteiger partial charge in [0, 0.05) is 31.7 Å². The average molecular weight is 408 g/mol. The molecule has 0 aromatic heterocycles. The molecule has 2 unspecified atom stereocenters. The molecule has 0 bridgehead atoms. The minimum absolute atomic E-state index is 0.103. The number of piperidine rings is 1. The van der Waals surface area contributed by atoms with Crippen LogP contribution < -0.4 is 9.62 Å². The summed E-state index contributed by atoms with van der Waals surface area (Å²) < 4.78 is 25.8. The van der Waals surface area contributed by atoms with E-state index >= 15 is 0 Å². The number of rotatable bonds is 6. The largest absolute Gasteiger partial charge is 0.352 e. The monoisotopic (exact) mass is 407 g/mol. The molecule has 7 heteroatoms. The Balaban J connectivity index is 1.46. The minimum atomic E-state index is -3.22. The van der Waals surface area contributed by atoms with Crippen LogP contribution in [0.3, 0.4) is 0 Å². The standard InChI is InChI=1S/C21H33N3O3S/c1-17-14-18(2)16-23(15-17)11-5-10-22-21(25)19-6-8-20(9-7-19)24-12-3-4-13-28(24,26)27/h6-9,17-18H,3-5,10-16H2,1-2H3,(H,22,25). The normalized spacial score (nSPS) is 25.4. The van der Waals surface area contributed by atoms with Gasteiger partial charge in [-0.15, -0.1) is 0 Å². The zero-order valence-electron chi connectivity index (χ0n) is 17.1. The van der Waals surface area contributed by atoms with Gasteiger partial charge in [0.15, 0.2) is 0 Å². The predicted octanol–water partition coefficient (Wildman–Crippen LogP) is 2.71. The molecule has 2 heterocycles. The Morgan fingerprint density at radius 3 is 2.43 bits per heavy atom. The van der Waals surface area contributed by atoms with Crippen LogP contribution in [0.1, 0.15) is 49.9 Å². The quantitative estimate of drug-likeness (QED) is 0.736. The topological polar surface area (TPSA) is 69.7 Å². The van der Waals surface area contributed by atoms with Crippen molar-refractivity contribution in [3.63, 3.8) is 0 Å². The second-order valence-corrected chi connectivity index (χ2v) is 10.5. The molecule has 2 aliphatic rings. The van der Waals surface area contributed by atoms with Gasteiger partial charge in [0.05, 0.1) is 11.4 Å². The van der Waals surface area contributed by atoms with Crippen LogP contribution in [0.25, 0.3) is 0 Å². The van der Waals surface area contributed by atoms with E-state index in [1.165, 1.54) is 10.7 Å². The molecule has 28 heavy (non-hydrogen) atoms. The number of hydrogen-bond donors (Lipinski definition) is 1. The number of carbonyl (C=O) groups is 1. The molecule has 0 saturated carbocycles. The Morgan fingerprint density at radius 2 is 1.79 bits per heavy atom. The Hall–Kier alpha value is -1.60. The summed E-state index contributed by atoms with van der Waals surface area (Å²) in [7, 11) is -3.22. The van der Waals surface area contributed by atoms with E-state index in [9.17, 15) is 13.2 Å². The number of sulfonamides is 1. The van der Waals surface area contributed by atoms with Crippen molar-refractivity contribution in [3.8, 4) is 0 Å². The van der Waals surface area contributed by atoms with E-state index in [-0.39, 0.29) is 11.7 Å². The molecule has 1 aromatic carbocycles. The molecule has 0 radical (unpaired) electrons. The molecule has 3 rings (SSSR count). The fraction of sp³-hybridized carbons (Fsp3) is 0.667. The van der Waals surface area contributed by atoms with Gasteiger partial charge in [-0.2, -0.15) is 0 Å². The molecule has 156 valence electrons. The van der Waals surface area contributed by atoms with Gasteiger partial charge in [-0.05, 0) is 68.3 Å². The summed E-state index contributed by atoms with van der Waals surface area (Å²) in [6.45, 7) is 9.10. The van der Waals surface area contributed by atoms with E-state index in [1.54, 1.807) is 24.3 Å². The van der Waals surface area contributed by atoms with Crippen LogP contribution in [0.15, 0.2) is 24.3 Å². The van der Waals surface area contributed by atoms with Crippen LogP contribution >= 0.6 is 0 Å². The fourth-order valence-electron chi connectivity index (χ4n) is 4.44. The number of likely N-dealkylation sites (tertiary alicyclic amines) is 1. The molecule has 2 saturated heterocycles. The molecule has 0 spiro atoms. The highest BCUT2D eigenvalue weighted by molar-refractivity contribution is 7.92. The van der Waals surface area contributed by atoms with Crippen molar-refractivity contribution in [2.75, 3.05) is 42.8 Å². The predicted molar refractivity (Wildman–Crippen MR) is 113 cm³/mol. The van der Waals surface area contributed by atoms with Crippen molar-refractivity contribution >= 4 is 21.6 Å². The molecule has 1 amide bonds. The van der Waals surface area contributed by atoms with Crippen molar-refractivity contribution in [1.29, 1.82) is 0 Å². The lowest BCUT2D eigenvalue weighted by molar-refractivity contribution is 0.0947. The number of anilines is 1. The smallest absolute Gasteiger partial charge is 0.251 e. The first-order chi connectivity index (χ1) is 13.3. The molecular weight excluding hydrogens is 374 g/mol. The minimum Gasteiger partial charge on any atom is -0.352 e. The summed E-state index contributed by atoms with van der Waals surface area (Å²) in [6, 6.07) is 6.88. The van der Waals surface area contributed by atoms with E-state index in [0.29, 0.717) is 30.8 Å². The number of hydrogen-bond acceptors (Lipinski definition) is 4. The lowest BCUT2D eigenvalue weighted by atomic mass is 9.92. The van der Waals surface area contributed by atoms with Gasteiger partial charge in [-0.1, -0.05) is 13.8 Å². The number of amides is 1. The lowest BCUT2D eigenvalue weighted by Gasteiger charge is -2.34. The highest BCUT2D eigenvalue weighted by atomic mass is 32.2. The maximum absolute atomic E-state index is 12.4. The highest BCUT2D eigenvalue weighted by Crippen LogP contribution is 2.24. The Labute approximate surface area is 169 Å². The van der Waals surface area contributed by atoms with Crippen molar-refractivity contribution < 1.29 is 13.2 Å². The molecule has 2 aliphatic heterocycles. The van der Waals surface area contributed by atoms with Gasteiger partial charge in [0.2, 0.25) is 10.0 Å². The highest BCUT2D eigenvalue weighted by Gasteiger charge is 2.26. The Morgan fingerprint density at radius 1 is 1.11 bits per heavy atom. The van der Waals surface area contributed by atoms with E-state index in [4.69, 9.17) is 0 Å². The Bertz CT molecular complexity index is 754. The van der Waals surface area contributed by atoms with E-state index in [1.807, 2.05) is 0 Å². The molecule has 2 atom stereocenters. The van der Waals surface area contributed by atoms with E-state index in [2.05, 4.69) is 24.1 Å². The zero-order chi connectivity index (χ0) is 20.1. The summed E-state index contributed by atoms with van der Waals surface area (Å²) in [5, 5.41) is 2.98. The van der Waals surface area contributed by atoms with Crippen LogP contribution in [0, 0.1) is 11.8 Å². The SMILES string of the molecule is CC1CC(C)CN(CCCNC(=O)c2ccc(N3CCCCS3(=O)=O)cc2)C1. The maximum Gasteiger partial charge on any atom is 0.251 e. The van der Waals surface area contributed by atoms with Crippen molar-refractivity contribution in [2.24, 2.45) is 11.8 Å². The number of nitrogens with one attached hydrogen (secondary N) is 1. The summed E-state index contributed by atoms with van der Waals surface area (Å²) in [6.07, 6.45) is 3.84. The summed E-state index contributed by atoms with van der Waals surface area (Å²) in [4.78, 5) is 14.9. The third-order valence-corrected chi connectivity index (χ3v) is 7.52. The van der Waals surface area contributed by atoms with E-state index < -0.39 is 10.0 Å². The molecular formula is C21H33N3O3S. The van der Waals surface area contributed by atoms with Crippen molar-refractivity contribution in [3.05, 3.63) is 29.8 Å². The van der Waals surface area contributed by atoms with Gasteiger partial charge in [-0.3, -0.25) is 9.10 Å². The van der Waals surface area contributed by atoms with Crippen LogP contribution in [0.5, 0.6) is 0 Å². The van der Waals surface area contributed by atoms with Crippen LogP contribution in [-0.2, 0) is 10.0 Å². The average Bonchev–Trinajstić information content (AvgIpc) is 2.64. The molecule has 1 aromatic rings. The van der Waals surface area contributed by atoms with Gasteiger partial charge < -0.3 is 10.2 Å². The molecule has 0 aliphatic carbocycles. The molecule has 6 nitrogen and oxygen atoms in total. The fourth-order valence-corrected chi connectivity index (χ4v) is 6.08. The van der Waals surface area contributed by atoms with Gasteiger partial charge >= 0.3 is 0 Å². The van der Waals surface area contributed by atoms with Gasteiger partial charge in [0.1, 0.15) is 0 Å². The van der Waals surface area contributed by atoms with Crippen LogP contribution in [0.4, 0.5) is 5.69 Å². The van der Waals surface area contributed by atoms with E-state index in [0.717, 1.165) is 44.3 Å².